The Morgan fingerprint density at radius 3 is 2.53 bits per heavy atom. The van der Waals surface area contributed by atoms with Crippen molar-refractivity contribution in [3.8, 4) is 0 Å². The number of hydrogen-bond donors (Lipinski definition) is 1. The van der Waals surface area contributed by atoms with Gasteiger partial charge >= 0.3 is 0 Å². The molecule has 100 valence electrons. The summed E-state index contributed by atoms with van der Waals surface area (Å²) in [5.41, 5.74) is 1.81. The third-order valence-corrected chi connectivity index (χ3v) is 2.98. The van der Waals surface area contributed by atoms with Crippen LogP contribution in [-0.4, -0.2) is 4.92 Å². The lowest BCUT2D eigenvalue weighted by Crippen LogP contribution is -2.07. The summed E-state index contributed by atoms with van der Waals surface area (Å²) < 4.78 is 5.55. The zero-order valence-corrected chi connectivity index (χ0v) is 11.1. The van der Waals surface area contributed by atoms with Gasteiger partial charge < -0.3 is 9.73 Å². The van der Waals surface area contributed by atoms with Crippen LogP contribution in [0.25, 0.3) is 0 Å². The van der Waals surface area contributed by atoms with Gasteiger partial charge in [-0.3, -0.25) is 10.1 Å². The quantitative estimate of drug-likeness (QED) is 0.667. The molecule has 1 aromatic carbocycles. The number of nitro benzene ring substituents is 1. The lowest BCUT2D eigenvalue weighted by molar-refractivity contribution is -0.384. The van der Waals surface area contributed by atoms with Crippen LogP contribution in [0.1, 0.15) is 30.0 Å². The summed E-state index contributed by atoms with van der Waals surface area (Å²) in [4.78, 5) is 10.3. The van der Waals surface area contributed by atoms with Gasteiger partial charge in [0.25, 0.3) is 5.69 Å². The van der Waals surface area contributed by atoms with E-state index in [1.54, 1.807) is 12.1 Å². The van der Waals surface area contributed by atoms with Crippen molar-refractivity contribution in [3.63, 3.8) is 0 Å². The van der Waals surface area contributed by atoms with Gasteiger partial charge in [-0.15, -0.1) is 0 Å². The molecule has 5 heteroatoms. The maximum absolute atomic E-state index is 10.7. The van der Waals surface area contributed by atoms with Crippen LogP contribution in [0.5, 0.6) is 0 Å². The second-order valence-electron chi connectivity index (χ2n) is 4.57. The number of hydrogen-bond acceptors (Lipinski definition) is 4. The van der Waals surface area contributed by atoms with Crippen LogP contribution in [-0.2, 0) is 0 Å². The van der Waals surface area contributed by atoms with Crippen molar-refractivity contribution in [1.82, 2.24) is 0 Å². The molecule has 0 aliphatic carbocycles. The minimum atomic E-state index is -0.393. The molecule has 0 aliphatic rings. The third-order valence-electron chi connectivity index (χ3n) is 2.98. The van der Waals surface area contributed by atoms with Gasteiger partial charge in [0.1, 0.15) is 11.5 Å². The molecular formula is C14H16N2O3. The van der Waals surface area contributed by atoms with Crippen LogP contribution in [0, 0.1) is 24.0 Å². The van der Waals surface area contributed by atoms with Crippen molar-refractivity contribution in [3.05, 3.63) is 57.5 Å². The van der Waals surface area contributed by atoms with Gasteiger partial charge in [-0.25, -0.2) is 0 Å². The first-order valence-corrected chi connectivity index (χ1v) is 6.05. The highest BCUT2D eigenvalue weighted by Crippen LogP contribution is 2.26. The maximum atomic E-state index is 10.7. The molecule has 1 aromatic heterocycles. The highest BCUT2D eigenvalue weighted by Gasteiger charge is 2.12. The SMILES string of the molecule is Cc1ccc(C(C)Nc2ccc([N+](=O)[O-])cc2C)o1. The molecule has 0 saturated carbocycles. The van der Waals surface area contributed by atoms with Crippen molar-refractivity contribution in [2.24, 2.45) is 0 Å². The number of nitrogens with one attached hydrogen (secondary N) is 1. The fourth-order valence-corrected chi connectivity index (χ4v) is 1.91. The first-order chi connectivity index (χ1) is 8.97. The second-order valence-corrected chi connectivity index (χ2v) is 4.57. The summed E-state index contributed by atoms with van der Waals surface area (Å²) in [6, 6.07) is 8.62. The van der Waals surface area contributed by atoms with Gasteiger partial charge in [0.2, 0.25) is 0 Å². The molecule has 1 unspecified atom stereocenters. The summed E-state index contributed by atoms with van der Waals surface area (Å²) in [5, 5.41) is 14.0. The van der Waals surface area contributed by atoms with Crippen molar-refractivity contribution in [1.29, 1.82) is 0 Å². The molecule has 19 heavy (non-hydrogen) atoms. The number of nitro groups is 1. The number of non-ortho nitro benzene ring substituents is 1. The van der Waals surface area contributed by atoms with Crippen molar-refractivity contribution < 1.29 is 9.34 Å². The molecule has 1 N–H and O–H groups in total. The van der Waals surface area contributed by atoms with Crippen molar-refractivity contribution >= 4 is 11.4 Å². The van der Waals surface area contributed by atoms with Crippen molar-refractivity contribution in [2.45, 2.75) is 26.8 Å². The Balaban J connectivity index is 2.17. The minimum Gasteiger partial charge on any atom is -0.464 e. The van der Waals surface area contributed by atoms with Crippen molar-refractivity contribution in [2.75, 3.05) is 5.32 Å². The molecule has 0 radical (unpaired) electrons. The fourth-order valence-electron chi connectivity index (χ4n) is 1.91. The highest BCUT2D eigenvalue weighted by atomic mass is 16.6. The van der Waals surface area contributed by atoms with Gasteiger partial charge in [-0.05, 0) is 44.5 Å². The van der Waals surface area contributed by atoms with Gasteiger partial charge in [0, 0.05) is 17.8 Å². The van der Waals surface area contributed by atoms with E-state index in [0.717, 1.165) is 22.8 Å². The Hall–Kier alpha value is -2.30. The predicted molar refractivity (Wildman–Crippen MR) is 73.3 cm³/mol. The summed E-state index contributed by atoms with van der Waals surface area (Å²) in [5.74, 6) is 1.71. The molecule has 1 atom stereocenters. The molecule has 0 spiro atoms. The van der Waals surface area contributed by atoms with Crippen LogP contribution in [0.3, 0.4) is 0 Å². The number of benzene rings is 1. The topological polar surface area (TPSA) is 68.3 Å². The molecule has 1 heterocycles. The van der Waals surface area contributed by atoms with E-state index < -0.39 is 4.92 Å². The zero-order chi connectivity index (χ0) is 14.0. The Morgan fingerprint density at radius 1 is 1.26 bits per heavy atom. The first-order valence-electron chi connectivity index (χ1n) is 6.05. The standard InChI is InChI=1S/C14H16N2O3/c1-9-8-12(16(17)18)5-6-13(9)15-11(3)14-7-4-10(2)19-14/h4-8,11,15H,1-3H3. The molecular weight excluding hydrogens is 244 g/mol. The Kier molecular flexibility index (Phi) is 3.55. The maximum Gasteiger partial charge on any atom is 0.269 e. The van der Waals surface area contributed by atoms with Gasteiger partial charge in [-0.1, -0.05) is 0 Å². The summed E-state index contributed by atoms with van der Waals surface area (Å²) in [6.45, 7) is 5.72. The van der Waals surface area contributed by atoms with Crippen LogP contribution < -0.4 is 5.32 Å². The van der Waals surface area contributed by atoms with E-state index in [9.17, 15) is 10.1 Å². The largest absolute Gasteiger partial charge is 0.464 e. The van der Waals surface area contributed by atoms with E-state index in [1.807, 2.05) is 32.9 Å². The number of rotatable bonds is 4. The smallest absolute Gasteiger partial charge is 0.269 e. The molecule has 2 aromatic rings. The summed E-state index contributed by atoms with van der Waals surface area (Å²) in [6.07, 6.45) is 0. The number of nitrogens with zero attached hydrogens (tertiary/aromatic N) is 1. The molecule has 0 aliphatic heterocycles. The summed E-state index contributed by atoms with van der Waals surface area (Å²) >= 11 is 0. The van der Waals surface area contributed by atoms with Gasteiger partial charge in [0.05, 0.1) is 11.0 Å². The highest BCUT2D eigenvalue weighted by molar-refractivity contribution is 5.56. The van der Waals surface area contributed by atoms with Crippen LogP contribution in [0.15, 0.2) is 34.7 Å². The molecule has 0 amide bonds. The number of anilines is 1. The third kappa shape index (κ3) is 2.93. The lowest BCUT2D eigenvalue weighted by Gasteiger charge is -2.14. The fraction of sp³-hybridized carbons (Fsp3) is 0.286. The Bertz CT molecular complexity index is 604. The second kappa shape index (κ2) is 5.14. The monoisotopic (exact) mass is 260 g/mol. The molecule has 0 saturated heterocycles. The minimum absolute atomic E-state index is 0.00820. The van der Waals surface area contributed by atoms with E-state index in [2.05, 4.69) is 5.32 Å². The van der Waals surface area contributed by atoms with E-state index in [0.29, 0.717) is 0 Å². The lowest BCUT2D eigenvalue weighted by atomic mass is 10.1. The number of aryl methyl sites for hydroxylation is 2. The van der Waals surface area contributed by atoms with Gasteiger partial charge in [0.15, 0.2) is 0 Å². The van der Waals surface area contributed by atoms with Crippen LogP contribution in [0.4, 0.5) is 11.4 Å². The summed E-state index contributed by atoms with van der Waals surface area (Å²) in [7, 11) is 0. The molecule has 2 rings (SSSR count). The van der Waals surface area contributed by atoms with Gasteiger partial charge in [-0.2, -0.15) is 0 Å². The first kappa shape index (κ1) is 13.1. The van der Waals surface area contributed by atoms with E-state index in [4.69, 9.17) is 4.42 Å². The predicted octanol–water partition coefficient (Wildman–Crippen LogP) is 3.98. The molecule has 0 fully saturated rings. The molecule has 5 nitrogen and oxygen atoms in total. The van der Waals surface area contributed by atoms with E-state index in [1.165, 1.54) is 6.07 Å². The van der Waals surface area contributed by atoms with E-state index in [-0.39, 0.29) is 11.7 Å². The normalized spacial score (nSPS) is 12.2. The van der Waals surface area contributed by atoms with Crippen LogP contribution >= 0.6 is 0 Å². The zero-order valence-electron chi connectivity index (χ0n) is 11.1. The average molecular weight is 260 g/mol. The Labute approximate surface area is 111 Å². The van der Waals surface area contributed by atoms with E-state index >= 15 is 0 Å². The van der Waals surface area contributed by atoms with Crippen LogP contribution in [0.2, 0.25) is 0 Å². The molecule has 0 bridgehead atoms. The number of furan rings is 1. The Morgan fingerprint density at radius 2 is 2.00 bits per heavy atom. The average Bonchev–Trinajstić information content (AvgIpc) is 2.78.